The summed E-state index contributed by atoms with van der Waals surface area (Å²) in [6, 6.07) is 8.00. The Kier molecular flexibility index (Phi) is 6.24. The smallest absolute Gasteiger partial charge is 0.224 e. The summed E-state index contributed by atoms with van der Waals surface area (Å²) in [7, 11) is 1.67. The molecule has 2 saturated heterocycles. The molecule has 25 heavy (non-hydrogen) atoms. The quantitative estimate of drug-likeness (QED) is 0.808. The second kappa shape index (κ2) is 8.61. The van der Waals surface area contributed by atoms with Crippen molar-refractivity contribution < 1.29 is 14.3 Å². The normalized spacial score (nSPS) is 21.3. The number of carbonyl (C=O) groups excluding carboxylic acids is 2. The van der Waals surface area contributed by atoms with Gasteiger partial charge >= 0.3 is 0 Å². The zero-order chi connectivity index (χ0) is 17.6. The highest BCUT2D eigenvalue weighted by molar-refractivity contribution is 7.99. The van der Waals surface area contributed by atoms with Crippen molar-refractivity contribution >= 4 is 23.6 Å². The number of nitrogens with zero attached hydrogens (tertiary/aromatic N) is 2. The molecule has 0 aromatic heterocycles. The summed E-state index contributed by atoms with van der Waals surface area (Å²) in [5.74, 6) is 3.11. The minimum absolute atomic E-state index is 0.0328. The highest BCUT2D eigenvalue weighted by Gasteiger charge is 2.30. The average Bonchev–Trinajstić information content (AvgIpc) is 2.90. The van der Waals surface area contributed by atoms with Crippen LogP contribution in [0.4, 0.5) is 0 Å². The first-order valence-corrected chi connectivity index (χ1v) is 10.1. The van der Waals surface area contributed by atoms with E-state index in [4.69, 9.17) is 4.74 Å². The van der Waals surface area contributed by atoms with E-state index in [-0.39, 0.29) is 17.9 Å². The number of likely N-dealkylation sites (tertiary alicyclic amines) is 1. The summed E-state index contributed by atoms with van der Waals surface area (Å²) in [5.41, 5.74) is 1.07. The summed E-state index contributed by atoms with van der Waals surface area (Å²) >= 11 is 1.89. The molecule has 0 N–H and O–H groups in total. The molecule has 1 atom stereocenters. The number of hydrogen-bond acceptors (Lipinski definition) is 4. The Morgan fingerprint density at radius 2 is 2.12 bits per heavy atom. The van der Waals surface area contributed by atoms with E-state index in [1.54, 1.807) is 7.11 Å². The fourth-order valence-electron chi connectivity index (χ4n) is 3.59. The van der Waals surface area contributed by atoms with E-state index < -0.39 is 0 Å². The third-order valence-corrected chi connectivity index (χ3v) is 6.05. The molecule has 5 nitrogen and oxygen atoms in total. The van der Waals surface area contributed by atoms with Gasteiger partial charge in [-0.05, 0) is 24.7 Å². The molecule has 6 heteroatoms. The maximum Gasteiger partial charge on any atom is 0.224 e. The SMILES string of the molecule is COc1ccccc1C1CSCCCN1C(=O)CCN1CCCC1=O. The standard InChI is InChI=1S/C19H26N2O3S/c1-24-17-7-3-2-6-15(17)16-14-25-13-5-11-21(16)19(23)9-12-20-10-4-8-18(20)22/h2-3,6-7,16H,4-5,8-14H2,1H3. The minimum Gasteiger partial charge on any atom is -0.496 e. The third kappa shape index (κ3) is 4.29. The molecule has 2 heterocycles. The monoisotopic (exact) mass is 362 g/mol. The second-order valence-electron chi connectivity index (χ2n) is 6.51. The number of carbonyl (C=O) groups is 2. The Bertz CT molecular complexity index is 622. The molecule has 0 bridgehead atoms. The predicted octanol–water partition coefficient (Wildman–Crippen LogP) is 2.71. The lowest BCUT2D eigenvalue weighted by Crippen LogP contribution is -2.38. The number of methoxy groups -OCH3 is 1. The molecule has 2 aliphatic rings. The van der Waals surface area contributed by atoms with Gasteiger partial charge in [-0.25, -0.2) is 0 Å². The summed E-state index contributed by atoms with van der Waals surface area (Å²) in [5, 5.41) is 0. The molecule has 0 saturated carbocycles. The largest absolute Gasteiger partial charge is 0.496 e. The van der Waals surface area contributed by atoms with Crippen molar-refractivity contribution in [2.24, 2.45) is 0 Å². The zero-order valence-corrected chi connectivity index (χ0v) is 15.6. The molecule has 2 aliphatic heterocycles. The van der Waals surface area contributed by atoms with Crippen LogP contribution in [0.5, 0.6) is 5.75 Å². The van der Waals surface area contributed by atoms with Crippen LogP contribution in [-0.4, -0.2) is 59.9 Å². The van der Waals surface area contributed by atoms with E-state index in [1.165, 1.54) is 0 Å². The van der Waals surface area contributed by atoms with Crippen LogP contribution >= 0.6 is 11.8 Å². The number of para-hydroxylation sites is 1. The molecular formula is C19H26N2O3S. The van der Waals surface area contributed by atoms with Crippen LogP contribution in [0.15, 0.2) is 24.3 Å². The average molecular weight is 362 g/mol. The van der Waals surface area contributed by atoms with Crippen LogP contribution in [0.25, 0.3) is 0 Å². The van der Waals surface area contributed by atoms with Crippen LogP contribution in [0.1, 0.15) is 37.3 Å². The summed E-state index contributed by atoms with van der Waals surface area (Å²) in [4.78, 5) is 28.5. The molecular weight excluding hydrogens is 336 g/mol. The molecule has 2 fully saturated rings. The lowest BCUT2D eigenvalue weighted by Gasteiger charge is -2.31. The van der Waals surface area contributed by atoms with Gasteiger partial charge in [-0.15, -0.1) is 0 Å². The molecule has 3 rings (SSSR count). The Balaban J connectivity index is 1.73. The Hall–Kier alpha value is -1.69. The van der Waals surface area contributed by atoms with E-state index >= 15 is 0 Å². The zero-order valence-electron chi connectivity index (χ0n) is 14.8. The predicted molar refractivity (Wildman–Crippen MR) is 99.8 cm³/mol. The first-order valence-electron chi connectivity index (χ1n) is 8.98. The van der Waals surface area contributed by atoms with E-state index in [0.717, 1.165) is 48.7 Å². The van der Waals surface area contributed by atoms with Crippen molar-refractivity contribution in [3.8, 4) is 5.75 Å². The minimum atomic E-state index is 0.0328. The van der Waals surface area contributed by atoms with Gasteiger partial charge in [0.2, 0.25) is 11.8 Å². The van der Waals surface area contributed by atoms with Crippen LogP contribution in [0.2, 0.25) is 0 Å². The summed E-state index contributed by atoms with van der Waals surface area (Å²) in [6.07, 6.45) is 2.95. The van der Waals surface area contributed by atoms with Gasteiger partial charge in [0.15, 0.2) is 0 Å². The molecule has 0 aliphatic carbocycles. The Morgan fingerprint density at radius 3 is 2.88 bits per heavy atom. The van der Waals surface area contributed by atoms with E-state index in [1.807, 2.05) is 39.8 Å². The summed E-state index contributed by atoms with van der Waals surface area (Å²) < 4.78 is 5.52. The number of ether oxygens (including phenoxy) is 1. The van der Waals surface area contributed by atoms with Crippen LogP contribution in [0.3, 0.4) is 0 Å². The molecule has 1 unspecified atom stereocenters. The first kappa shape index (κ1) is 18.1. The van der Waals surface area contributed by atoms with Gasteiger partial charge in [0.1, 0.15) is 5.75 Å². The van der Waals surface area contributed by atoms with E-state index in [9.17, 15) is 9.59 Å². The highest BCUT2D eigenvalue weighted by Crippen LogP contribution is 2.34. The topological polar surface area (TPSA) is 49.9 Å². The number of rotatable bonds is 5. The van der Waals surface area contributed by atoms with Gasteiger partial charge in [-0.3, -0.25) is 9.59 Å². The van der Waals surface area contributed by atoms with E-state index in [0.29, 0.717) is 19.4 Å². The van der Waals surface area contributed by atoms with Crippen molar-refractivity contribution in [1.29, 1.82) is 0 Å². The van der Waals surface area contributed by atoms with Crippen molar-refractivity contribution in [2.45, 2.75) is 31.7 Å². The first-order chi connectivity index (χ1) is 12.2. The maximum absolute atomic E-state index is 12.9. The Labute approximate surface area is 153 Å². The van der Waals surface area contributed by atoms with Crippen molar-refractivity contribution in [3.05, 3.63) is 29.8 Å². The molecule has 1 aromatic rings. The second-order valence-corrected chi connectivity index (χ2v) is 7.66. The Morgan fingerprint density at radius 1 is 1.28 bits per heavy atom. The maximum atomic E-state index is 12.9. The fraction of sp³-hybridized carbons (Fsp3) is 0.579. The van der Waals surface area contributed by atoms with Crippen molar-refractivity contribution in [2.75, 3.05) is 38.2 Å². The molecule has 136 valence electrons. The third-order valence-electron chi connectivity index (χ3n) is 4.92. The summed E-state index contributed by atoms with van der Waals surface area (Å²) in [6.45, 7) is 2.10. The van der Waals surface area contributed by atoms with Gasteiger partial charge in [0.25, 0.3) is 0 Å². The van der Waals surface area contributed by atoms with Gasteiger partial charge < -0.3 is 14.5 Å². The number of benzene rings is 1. The van der Waals surface area contributed by atoms with Crippen LogP contribution in [0, 0.1) is 0 Å². The molecule has 0 spiro atoms. The van der Waals surface area contributed by atoms with Crippen molar-refractivity contribution in [3.63, 3.8) is 0 Å². The number of amides is 2. The number of thioether (sulfide) groups is 1. The van der Waals surface area contributed by atoms with Crippen LogP contribution < -0.4 is 4.74 Å². The number of hydrogen-bond donors (Lipinski definition) is 0. The molecule has 0 radical (unpaired) electrons. The lowest BCUT2D eigenvalue weighted by atomic mass is 10.0. The molecule has 1 aromatic carbocycles. The van der Waals surface area contributed by atoms with Gasteiger partial charge in [0, 0.05) is 43.8 Å². The van der Waals surface area contributed by atoms with Gasteiger partial charge in [-0.2, -0.15) is 11.8 Å². The highest BCUT2D eigenvalue weighted by atomic mass is 32.2. The van der Waals surface area contributed by atoms with Crippen LogP contribution in [-0.2, 0) is 9.59 Å². The lowest BCUT2D eigenvalue weighted by molar-refractivity contribution is -0.134. The van der Waals surface area contributed by atoms with E-state index in [2.05, 4.69) is 6.07 Å². The molecule has 2 amide bonds. The van der Waals surface area contributed by atoms with Gasteiger partial charge in [0.05, 0.1) is 13.2 Å². The fourth-order valence-corrected chi connectivity index (χ4v) is 4.67. The van der Waals surface area contributed by atoms with Gasteiger partial charge in [-0.1, -0.05) is 18.2 Å². The van der Waals surface area contributed by atoms with Crippen molar-refractivity contribution in [1.82, 2.24) is 9.80 Å².